The summed E-state index contributed by atoms with van der Waals surface area (Å²) in [6.45, 7) is 2.60. The molecule has 0 spiro atoms. The maximum Gasteiger partial charge on any atom is 0.416 e. The molecule has 0 aliphatic heterocycles. The number of nitrogens with zero attached hydrogens (tertiary/aromatic N) is 1. The number of halogens is 3. The summed E-state index contributed by atoms with van der Waals surface area (Å²) in [4.78, 5) is 21.9. The molecule has 0 aliphatic carbocycles. The number of alkyl halides is 3. The zero-order chi connectivity index (χ0) is 21.6. The average Bonchev–Trinajstić information content (AvgIpc) is 2.64. The van der Waals surface area contributed by atoms with Crippen LogP contribution in [0.25, 0.3) is 0 Å². The molecule has 0 unspecified atom stereocenters. The predicted molar refractivity (Wildman–Crippen MR) is 97.6 cm³/mol. The first kappa shape index (κ1) is 22.0. The molecule has 7 nitrogen and oxygen atoms in total. The van der Waals surface area contributed by atoms with E-state index in [1.807, 2.05) is 0 Å². The van der Waals surface area contributed by atoms with E-state index in [1.54, 1.807) is 13.8 Å². The second kappa shape index (κ2) is 9.26. The first-order chi connectivity index (χ1) is 13.6. The van der Waals surface area contributed by atoms with Gasteiger partial charge in [-0.3, -0.25) is 14.9 Å². The van der Waals surface area contributed by atoms with Crippen molar-refractivity contribution in [1.82, 2.24) is 5.32 Å². The number of amides is 1. The van der Waals surface area contributed by atoms with Crippen molar-refractivity contribution in [1.29, 1.82) is 0 Å². The number of hydrogen-bond acceptors (Lipinski definition) is 5. The number of nitro benzene ring substituents is 1. The van der Waals surface area contributed by atoms with E-state index in [4.69, 9.17) is 9.47 Å². The Bertz CT molecular complexity index is 867. The van der Waals surface area contributed by atoms with Crippen molar-refractivity contribution in [2.75, 3.05) is 6.61 Å². The van der Waals surface area contributed by atoms with E-state index >= 15 is 0 Å². The topological polar surface area (TPSA) is 90.7 Å². The molecule has 0 atom stereocenters. The third-order valence-corrected chi connectivity index (χ3v) is 3.65. The van der Waals surface area contributed by atoms with E-state index in [1.165, 1.54) is 36.4 Å². The smallest absolute Gasteiger partial charge is 0.416 e. The third kappa shape index (κ3) is 6.66. The molecule has 156 valence electrons. The lowest BCUT2D eigenvalue weighted by Gasteiger charge is -2.17. The van der Waals surface area contributed by atoms with E-state index in [2.05, 4.69) is 5.32 Å². The van der Waals surface area contributed by atoms with Crippen molar-refractivity contribution >= 4 is 11.6 Å². The minimum Gasteiger partial charge on any atom is -0.491 e. The van der Waals surface area contributed by atoms with Crippen molar-refractivity contribution in [3.63, 3.8) is 0 Å². The Morgan fingerprint density at radius 3 is 2.31 bits per heavy atom. The molecule has 1 N–H and O–H groups in total. The maximum absolute atomic E-state index is 13.3. The largest absolute Gasteiger partial charge is 0.491 e. The molecule has 0 radical (unpaired) electrons. The second-order valence-electron chi connectivity index (χ2n) is 6.30. The van der Waals surface area contributed by atoms with Gasteiger partial charge in [0.1, 0.15) is 11.5 Å². The number of nitro groups is 1. The van der Waals surface area contributed by atoms with Crippen molar-refractivity contribution in [3.05, 3.63) is 63.7 Å². The van der Waals surface area contributed by atoms with Crippen molar-refractivity contribution in [2.24, 2.45) is 0 Å². The van der Waals surface area contributed by atoms with Gasteiger partial charge in [-0.1, -0.05) is 6.07 Å². The van der Waals surface area contributed by atoms with Crippen molar-refractivity contribution in [2.45, 2.75) is 32.7 Å². The van der Waals surface area contributed by atoms with Gasteiger partial charge in [-0.05, 0) is 43.7 Å². The Balaban J connectivity index is 1.97. The Morgan fingerprint density at radius 2 is 1.76 bits per heavy atom. The molecule has 0 bridgehead atoms. The minimum atomic E-state index is -4.61. The van der Waals surface area contributed by atoms with E-state index < -0.39 is 29.2 Å². The molecular weight excluding hydrogens is 393 g/mol. The zero-order valence-electron chi connectivity index (χ0n) is 15.7. The van der Waals surface area contributed by atoms with Crippen LogP contribution in [-0.4, -0.2) is 23.5 Å². The van der Waals surface area contributed by atoms with Gasteiger partial charge in [-0.2, -0.15) is 13.2 Å². The van der Waals surface area contributed by atoms with Crippen LogP contribution in [-0.2, 0) is 17.5 Å². The van der Waals surface area contributed by atoms with Crippen molar-refractivity contribution < 1.29 is 32.4 Å². The molecule has 0 fully saturated rings. The fourth-order valence-electron chi connectivity index (χ4n) is 2.38. The third-order valence-electron chi connectivity index (χ3n) is 3.65. The Kier molecular flexibility index (Phi) is 7.03. The van der Waals surface area contributed by atoms with E-state index in [0.717, 1.165) is 6.07 Å². The van der Waals surface area contributed by atoms with Crippen LogP contribution in [0.4, 0.5) is 18.9 Å². The van der Waals surface area contributed by atoms with Crippen LogP contribution in [0.15, 0.2) is 42.5 Å². The molecule has 1 amide bonds. The van der Waals surface area contributed by atoms with Crippen LogP contribution in [0, 0.1) is 10.1 Å². The number of ether oxygens (including phenoxy) is 2. The normalized spacial score (nSPS) is 11.2. The highest BCUT2D eigenvalue weighted by atomic mass is 19.4. The summed E-state index contributed by atoms with van der Waals surface area (Å²) in [5.41, 5.74) is -1.14. The summed E-state index contributed by atoms with van der Waals surface area (Å²) in [5, 5.41) is 12.9. The summed E-state index contributed by atoms with van der Waals surface area (Å²) in [7, 11) is 0. The summed E-state index contributed by atoms with van der Waals surface area (Å²) in [5.74, 6) is -0.334. The molecule has 0 aromatic heterocycles. The Labute approximate surface area is 164 Å². The Morgan fingerprint density at radius 1 is 1.14 bits per heavy atom. The van der Waals surface area contributed by atoms with Gasteiger partial charge in [0.05, 0.1) is 16.6 Å². The summed E-state index contributed by atoms with van der Waals surface area (Å²) < 4.78 is 50.4. The van der Waals surface area contributed by atoms with Gasteiger partial charge in [0, 0.05) is 18.7 Å². The highest BCUT2D eigenvalue weighted by Crippen LogP contribution is 2.34. The molecule has 2 rings (SSSR count). The lowest BCUT2D eigenvalue weighted by atomic mass is 10.1. The SMILES string of the molecule is CC(C)Oc1ccc(CNC(=O)COc2ccc([N+](=O)[O-])cc2)c(C(F)(F)F)c1. The maximum atomic E-state index is 13.3. The highest BCUT2D eigenvalue weighted by Gasteiger charge is 2.34. The number of rotatable bonds is 8. The van der Waals surface area contributed by atoms with Crippen molar-refractivity contribution in [3.8, 4) is 11.5 Å². The lowest BCUT2D eigenvalue weighted by Crippen LogP contribution is -2.29. The molecule has 2 aromatic rings. The van der Waals surface area contributed by atoms with Gasteiger partial charge in [0.15, 0.2) is 6.61 Å². The molecule has 29 heavy (non-hydrogen) atoms. The summed E-state index contributed by atoms with van der Waals surface area (Å²) in [6.07, 6.45) is -4.88. The number of nitrogens with one attached hydrogen (secondary N) is 1. The van der Waals surface area contributed by atoms with E-state index in [-0.39, 0.29) is 35.4 Å². The molecule has 0 aliphatic rings. The number of benzene rings is 2. The zero-order valence-corrected chi connectivity index (χ0v) is 15.7. The van der Waals surface area contributed by atoms with Gasteiger partial charge >= 0.3 is 6.18 Å². The number of non-ortho nitro benzene ring substituents is 1. The standard InChI is InChI=1S/C19H19F3N2O5/c1-12(2)29-16-6-3-13(17(9-16)19(20,21)22)10-23-18(25)11-28-15-7-4-14(5-8-15)24(26)27/h3-9,12H,10-11H2,1-2H3,(H,23,25). The monoisotopic (exact) mass is 412 g/mol. The number of carbonyl (C=O) groups is 1. The first-order valence-electron chi connectivity index (χ1n) is 8.57. The predicted octanol–water partition coefficient (Wildman–Crippen LogP) is 4.10. The van der Waals surface area contributed by atoms with E-state index in [9.17, 15) is 28.1 Å². The first-order valence-corrected chi connectivity index (χ1v) is 8.57. The Hall–Kier alpha value is -3.30. The van der Waals surface area contributed by atoms with Crippen LogP contribution >= 0.6 is 0 Å². The second-order valence-corrected chi connectivity index (χ2v) is 6.30. The van der Waals surface area contributed by atoms with Gasteiger partial charge in [0.25, 0.3) is 11.6 Å². The number of carbonyl (C=O) groups excluding carboxylic acids is 1. The summed E-state index contributed by atoms with van der Waals surface area (Å²) >= 11 is 0. The lowest BCUT2D eigenvalue weighted by molar-refractivity contribution is -0.384. The minimum absolute atomic E-state index is 0.0869. The molecule has 0 saturated heterocycles. The van der Waals surface area contributed by atoms with Gasteiger partial charge in [-0.25, -0.2) is 0 Å². The molecule has 0 saturated carbocycles. The fraction of sp³-hybridized carbons (Fsp3) is 0.316. The quantitative estimate of drug-likeness (QED) is 0.521. The van der Waals surface area contributed by atoms with Crippen LogP contribution in [0.5, 0.6) is 11.5 Å². The molecule has 10 heteroatoms. The van der Waals surface area contributed by atoms with Crippen LogP contribution in [0.1, 0.15) is 25.0 Å². The van der Waals surface area contributed by atoms with Gasteiger partial charge < -0.3 is 14.8 Å². The molecule has 0 heterocycles. The summed E-state index contributed by atoms with van der Waals surface area (Å²) in [6, 6.07) is 8.62. The van der Waals surface area contributed by atoms with Gasteiger partial charge in [-0.15, -0.1) is 0 Å². The van der Waals surface area contributed by atoms with Crippen LogP contribution in [0.2, 0.25) is 0 Å². The van der Waals surface area contributed by atoms with E-state index in [0.29, 0.717) is 0 Å². The molecular formula is C19H19F3N2O5. The fourth-order valence-corrected chi connectivity index (χ4v) is 2.38. The molecule has 2 aromatic carbocycles. The average molecular weight is 412 g/mol. The highest BCUT2D eigenvalue weighted by molar-refractivity contribution is 5.77. The van der Waals surface area contributed by atoms with Crippen LogP contribution < -0.4 is 14.8 Å². The van der Waals surface area contributed by atoms with Crippen LogP contribution in [0.3, 0.4) is 0 Å². The number of hydrogen-bond donors (Lipinski definition) is 1. The van der Waals surface area contributed by atoms with Gasteiger partial charge in [0.2, 0.25) is 0 Å².